The Morgan fingerprint density at radius 3 is 2.90 bits per heavy atom. The molecule has 106 valence electrons. The van der Waals surface area contributed by atoms with Crippen LogP contribution in [-0.2, 0) is 6.42 Å². The van der Waals surface area contributed by atoms with E-state index in [0.29, 0.717) is 18.3 Å². The summed E-state index contributed by atoms with van der Waals surface area (Å²) in [7, 11) is 0. The number of hydrogen-bond donors (Lipinski definition) is 1. The van der Waals surface area contributed by atoms with Crippen molar-refractivity contribution in [2.75, 3.05) is 0 Å². The van der Waals surface area contributed by atoms with Gasteiger partial charge in [-0.25, -0.2) is 4.98 Å². The molecule has 2 aromatic heterocycles. The highest BCUT2D eigenvalue weighted by Gasteiger charge is 2.48. The molecule has 6 heteroatoms. The van der Waals surface area contributed by atoms with E-state index in [0.717, 1.165) is 22.4 Å². The fraction of sp³-hybridized carbons (Fsp3) is 0.643. The van der Waals surface area contributed by atoms with Crippen LogP contribution in [-0.4, -0.2) is 21.2 Å². The number of hydrogen-bond acceptors (Lipinski definition) is 6. The van der Waals surface area contributed by atoms with Gasteiger partial charge in [-0.05, 0) is 38.0 Å². The maximum atomic E-state index is 6.32. The van der Waals surface area contributed by atoms with Crippen LogP contribution in [0.5, 0.6) is 0 Å². The average molecular weight is 290 g/mol. The zero-order chi connectivity index (χ0) is 13.7. The Balaban J connectivity index is 1.53. The van der Waals surface area contributed by atoms with Crippen molar-refractivity contribution in [2.45, 2.75) is 44.6 Å². The molecule has 0 spiro atoms. The second-order valence-corrected chi connectivity index (χ2v) is 7.08. The minimum atomic E-state index is 0.198. The van der Waals surface area contributed by atoms with Crippen LogP contribution in [0.2, 0.25) is 0 Å². The summed E-state index contributed by atoms with van der Waals surface area (Å²) in [5, 5.41) is 7.22. The lowest BCUT2D eigenvalue weighted by atomic mass is 9.85. The number of thiazole rings is 1. The molecule has 20 heavy (non-hydrogen) atoms. The summed E-state index contributed by atoms with van der Waals surface area (Å²) in [4.78, 5) is 9.01. The van der Waals surface area contributed by atoms with E-state index in [1.165, 1.54) is 19.3 Å². The number of nitrogens with zero attached hydrogens (tertiary/aromatic N) is 3. The molecule has 2 fully saturated rings. The molecule has 2 aromatic rings. The van der Waals surface area contributed by atoms with E-state index in [4.69, 9.17) is 10.3 Å². The molecule has 2 aliphatic carbocycles. The molecular formula is C14H18N4OS. The van der Waals surface area contributed by atoms with Crippen molar-refractivity contribution >= 4 is 11.3 Å². The van der Waals surface area contributed by atoms with Gasteiger partial charge in [0, 0.05) is 11.4 Å². The molecule has 2 aliphatic rings. The second kappa shape index (κ2) is 4.63. The fourth-order valence-electron chi connectivity index (χ4n) is 3.83. The van der Waals surface area contributed by atoms with E-state index in [9.17, 15) is 0 Å². The van der Waals surface area contributed by atoms with Gasteiger partial charge in [-0.15, -0.1) is 11.3 Å². The van der Waals surface area contributed by atoms with E-state index in [1.54, 1.807) is 11.3 Å². The van der Waals surface area contributed by atoms with Crippen LogP contribution < -0.4 is 5.73 Å². The first kappa shape index (κ1) is 12.5. The Bertz CT molecular complexity index is 620. The number of nitrogens with two attached hydrogens (primary N) is 1. The van der Waals surface area contributed by atoms with Crippen molar-refractivity contribution in [3.05, 3.63) is 27.8 Å². The van der Waals surface area contributed by atoms with E-state index in [1.807, 2.05) is 6.92 Å². The van der Waals surface area contributed by atoms with E-state index >= 15 is 0 Å². The van der Waals surface area contributed by atoms with Crippen molar-refractivity contribution in [3.8, 4) is 0 Å². The van der Waals surface area contributed by atoms with Crippen LogP contribution in [0.15, 0.2) is 9.90 Å². The molecule has 4 atom stereocenters. The van der Waals surface area contributed by atoms with Gasteiger partial charge < -0.3 is 10.3 Å². The van der Waals surface area contributed by atoms with Gasteiger partial charge in [-0.1, -0.05) is 5.16 Å². The van der Waals surface area contributed by atoms with E-state index < -0.39 is 0 Å². The average Bonchev–Trinajstić information content (AvgIpc) is 3.15. The van der Waals surface area contributed by atoms with Crippen LogP contribution in [0.1, 0.15) is 47.6 Å². The number of aromatic nitrogens is 3. The first-order chi connectivity index (χ1) is 9.70. The Kier molecular flexibility index (Phi) is 2.89. The molecule has 0 amide bonds. The molecule has 0 aliphatic heterocycles. The first-order valence-electron chi connectivity index (χ1n) is 7.20. The molecule has 2 heterocycles. The van der Waals surface area contributed by atoms with Gasteiger partial charge in [-0.3, -0.25) is 0 Å². The minimum Gasteiger partial charge on any atom is -0.339 e. The Hall–Kier alpha value is -1.27. The zero-order valence-corrected chi connectivity index (χ0v) is 12.3. The zero-order valence-electron chi connectivity index (χ0n) is 11.5. The second-order valence-electron chi connectivity index (χ2n) is 6.02. The third-order valence-corrected chi connectivity index (χ3v) is 5.58. The van der Waals surface area contributed by atoms with Gasteiger partial charge in [0.15, 0.2) is 5.82 Å². The summed E-state index contributed by atoms with van der Waals surface area (Å²) >= 11 is 1.65. The molecule has 2 N–H and O–H groups in total. The van der Waals surface area contributed by atoms with Crippen molar-refractivity contribution < 1.29 is 4.52 Å². The smallest absolute Gasteiger partial charge is 0.231 e. The molecule has 5 nitrogen and oxygen atoms in total. The lowest BCUT2D eigenvalue weighted by molar-refractivity contribution is 0.278. The molecule has 4 unspecified atom stereocenters. The van der Waals surface area contributed by atoms with Gasteiger partial charge in [0.05, 0.1) is 23.0 Å². The predicted octanol–water partition coefficient (Wildman–Crippen LogP) is 2.27. The Labute approximate surface area is 121 Å². The van der Waals surface area contributed by atoms with Crippen molar-refractivity contribution in [1.82, 2.24) is 15.1 Å². The summed E-state index contributed by atoms with van der Waals surface area (Å²) in [6.45, 7) is 2.00. The highest BCUT2D eigenvalue weighted by atomic mass is 32.1. The van der Waals surface area contributed by atoms with Gasteiger partial charge in [-0.2, -0.15) is 4.98 Å². The number of rotatable bonds is 3. The molecule has 2 bridgehead atoms. The highest BCUT2D eigenvalue weighted by Crippen LogP contribution is 2.51. The quantitative estimate of drug-likeness (QED) is 0.938. The van der Waals surface area contributed by atoms with Crippen LogP contribution in [0.3, 0.4) is 0 Å². The van der Waals surface area contributed by atoms with Crippen LogP contribution in [0, 0.1) is 18.8 Å². The maximum Gasteiger partial charge on any atom is 0.231 e. The van der Waals surface area contributed by atoms with Gasteiger partial charge in [0.1, 0.15) is 0 Å². The monoisotopic (exact) mass is 290 g/mol. The molecule has 0 radical (unpaired) electrons. The number of fused-ring (bicyclic) bond motifs is 2. The van der Waals surface area contributed by atoms with Crippen molar-refractivity contribution in [3.63, 3.8) is 0 Å². The minimum absolute atomic E-state index is 0.198. The van der Waals surface area contributed by atoms with Gasteiger partial charge in [0.25, 0.3) is 0 Å². The molecular weight excluding hydrogens is 272 g/mol. The van der Waals surface area contributed by atoms with E-state index in [2.05, 4.69) is 20.5 Å². The normalized spacial score (nSPS) is 32.1. The highest BCUT2D eigenvalue weighted by molar-refractivity contribution is 7.09. The van der Waals surface area contributed by atoms with Crippen LogP contribution in [0.4, 0.5) is 0 Å². The predicted molar refractivity (Wildman–Crippen MR) is 75.5 cm³/mol. The standard InChI is InChI=1S/C14H18N4OS/c1-7-16-10(6-20-7)5-11-17-14(19-18-11)12-8-2-3-9(4-8)13(12)15/h6,8-9,12-13H,2-5,15H2,1H3. The van der Waals surface area contributed by atoms with Gasteiger partial charge in [0.2, 0.25) is 5.89 Å². The summed E-state index contributed by atoms with van der Waals surface area (Å²) in [6, 6.07) is 0.198. The Morgan fingerprint density at radius 1 is 1.35 bits per heavy atom. The maximum absolute atomic E-state index is 6.32. The van der Waals surface area contributed by atoms with Crippen molar-refractivity contribution in [1.29, 1.82) is 0 Å². The Morgan fingerprint density at radius 2 is 2.20 bits per heavy atom. The van der Waals surface area contributed by atoms with Crippen molar-refractivity contribution in [2.24, 2.45) is 17.6 Å². The summed E-state index contributed by atoms with van der Waals surface area (Å²) < 4.78 is 5.49. The largest absolute Gasteiger partial charge is 0.339 e. The molecule has 2 saturated carbocycles. The lowest BCUT2D eigenvalue weighted by Gasteiger charge is -2.24. The fourth-order valence-corrected chi connectivity index (χ4v) is 4.44. The summed E-state index contributed by atoms with van der Waals surface area (Å²) in [5.41, 5.74) is 7.33. The number of aryl methyl sites for hydroxylation is 1. The summed E-state index contributed by atoms with van der Waals surface area (Å²) in [6.07, 6.45) is 4.40. The lowest BCUT2D eigenvalue weighted by Crippen LogP contribution is -2.34. The summed E-state index contributed by atoms with van der Waals surface area (Å²) in [5.74, 6) is 3.03. The third-order valence-electron chi connectivity index (χ3n) is 4.76. The topological polar surface area (TPSA) is 77.8 Å². The van der Waals surface area contributed by atoms with Gasteiger partial charge >= 0.3 is 0 Å². The molecule has 4 rings (SSSR count). The van der Waals surface area contributed by atoms with E-state index in [-0.39, 0.29) is 12.0 Å². The van der Waals surface area contributed by atoms with Crippen LogP contribution in [0.25, 0.3) is 0 Å². The molecule has 0 saturated heterocycles. The SMILES string of the molecule is Cc1nc(Cc2noc(C3C4CCC(C4)C3N)n2)cs1. The van der Waals surface area contributed by atoms with Crippen LogP contribution >= 0.6 is 11.3 Å². The first-order valence-corrected chi connectivity index (χ1v) is 8.07. The molecule has 0 aromatic carbocycles. The third kappa shape index (κ3) is 1.98.